The quantitative estimate of drug-likeness (QED) is 0.478. The summed E-state index contributed by atoms with van der Waals surface area (Å²) in [4.78, 5) is 35.5. The summed E-state index contributed by atoms with van der Waals surface area (Å²) in [5.41, 5.74) is 6.14. The number of thiophene rings is 1. The molecule has 0 radical (unpaired) electrons. The first-order valence-electron chi connectivity index (χ1n) is 8.73. The molecule has 1 heterocycles. The number of benzene rings is 1. The minimum atomic E-state index is -1.06. The van der Waals surface area contributed by atoms with E-state index in [-0.39, 0.29) is 5.56 Å². The number of anilines is 1. The number of nitrogens with one attached hydrogen (secondary N) is 1. The summed E-state index contributed by atoms with van der Waals surface area (Å²) < 4.78 is 15.8. The molecule has 3 N–H and O–H groups in total. The van der Waals surface area contributed by atoms with Gasteiger partial charge >= 0.3 is 5.97 Å². The molecule has 0 saturated heterocycles. The monoisotopic (exact) mass is 418 g/mol. The number of primary amides is 1. The summed E-state index contributed by atoms with van der Waals surface area (Å²) in [5, 5.41) is 4.46. The van der Waals surface area contributed by atoms with Crippen LogP contribution in [0, 0.1) is 0 Å². The van der Waals surface area contributed by atoms with E-state index in [1.807, 2.05) is 6.92 Å². The van der Waals surface area contributed by atoms with Crippen LogP contribution < -0.4 is 20.5 Å². The number of hydrogen-bond acceptors (Lipinski definition) is 7. The summed E-state index contributed by atoms with van der Waals surface area (Å²) in [6, 6.07) is 6.72. The maximum Gasteiger partial charge on any atom is 0.331 e. The molecule has 0 aliphatic rings. The molecule has 0 aliphatic carbocycles. The lowest BCUT2D eigenvalue weighted by Gasteiger charge is -2.12. The van der Waals surface area contributed by atoms with Crippen LogP contribution in [0.15, 0.2) is 35.7 Å². The fourth-order valence-corrected chi connectivity index (χ4v) is 3.10. The maximum absolute atomic E-state index is 12.2. The zero-order valence-electron chi connectivity index (χ0n) is 16.3. The summed E-state index contributed by atoms with van der Waals surface area (Å²) >= 11 is 1.15. The lowest BCUT2D eigenvalue weighted by Crippen LogP contribution is -2.29. The van der Waals surface area contributed by atoms with Gasteiger partial charge in [-0.3, -0.25) is 9.59 Å². The Bertz CT molecular complexity index is 921. The van der Waals surface area contributed by atoms with Gasteiger partial charge in [0, 0.05) is 6.08 Å². The fraction of sp³-hybridized carbons (Fsp3) is 0.250. The Labute approximate surface area is 172 Å². The van der Waals surface area contributed by atoms with Crippen LogP contribution in [0.3, 0.4) is 0 Å². The number of carbonyl (C=O) groups is 3. The molecule has 0 bridgehead atoms. The second-order valence-electron chi connectivity index (χ2n) is 5.77. The molecule has 0 fully saturated rings. The van der Waals surface area contributed by atoms with Gasteiger partial charge in [-0.2, -0.15) is 0 Å². The summed E-state index contributed by atoms with van der Waals surface area (Å²) in [7, 11) is 1.52. The van der Waals surface area contributed by atoms with Crippen molar-refractivity contribution in [1.29, 1.82) is 0 Å². The molecule has 0 saturated carbocycles. The van der Waals surface area contributed by atoms with Gasteiger partial charge in [-0.15, -0.1) is 11.3 Å². The van der Waals surface area contributed by atoms with Gasteiger partial charge in [0.1, 0.15) is 5.00 Å². The molecule has 2 rings (SSSR count). The molecule has 0 spiro atoms. The highest BCUT2D eigenvalue weighted by Gasteiger charge is 2.19. The molecule has 154 valence electrons. The summed E-state index contributed by atoms with van der Waals surface area (Å²) in [6.45, 7) is 3.80. The second kappa shape index (κ2) is 10.3. The predicted octanol–water partition coefficient (Wildman–Crippen LogP) is 2.84. The number of amides is 2. The highest BCUT2D eigenvalue weighted by molar-refractivity contribution is 7.14. The minimum Gasteiger partial charge on any atom is -0.493 e. The largest absolute Gasteiger partial charge is 0.493 e. The van der Waals surface area contributed by atoms with Crippen molar-refractivity contribution in [2.45, 2.75) is 20.0 Å². The second-order valence-corrected chi connectivity index (χ2v) is 6.69. The van der Waals surface area contributed by atoms with Crippen LogP contribution in [0.5, 0.6) is 11.5 Å². The Morgan fingerprint density at radius 3 is 2.66 bits per heavy atom. The number of carbonyl (C=O) groups excluding carboxylic acids is 3. The molecule has 9 heteroatoms. The van der Waals surface area contributed by atoms with Crippen LogP contribution in [-0.2, 0) is 14.3 Å². The summed E-state index contributed by atoms with van der Waals surface area (Å²) in [5.74, 6) is -0.776. The van der Waals surface area contributed by atoms with E-state index >= 15 is 0 Å². The highest BCUT2D eigenvalue weighted by Crippen LogP contribution is 2.28. The Morgan fingerprint density at radius 1 is 1.24 bits per heavy atom. The van der Waals surface area contributed by atoms with Crippen LogP contribution in [0.25, 0.3) is 6.08 Å². The predicted molar refractivity (Wildman–Crippen MR) is 110 cm³/mol. The first-order chi connectivity index (χ1) is 13.8. The number of methoxy groups -OCH3 is 1. The molecule has 1 atom stereocenters. The topological polar surface area (TPSA) is 117 Å². The van der Waals surface area contributed by atoms with E-state index in [9.17, 15) is 14.4 Å². The fourth-order valence-electron chi connectivity index (χ4n) is 2.31. The van der Waals surface area contributed by atoms with E-state index < -0.39 is 23.9 Å². The van der Waals surface area contributed by atoms with Crippen LogP contribution in [0.1, 0.15) is 29.8 Å². The van der Waals surface area contributed by atoms with E-state index in [1.54, 1.807) is 23.6 Å². The van der Waals surface area contributed by atoms with Gasteiger partial charge in [0.15, 0.2) is 17.6 Å². The number of hydrogen-bond donors (Lipinski definition) is 2. The zero-order valence-corrected chi connectivity index (χ0v) is 17.1. The summed E-state index contributed by atoms with van der Waals surface area (Å²) in [6.07, 6.45) is 1.68. The van der Waals surface area contributed by atoms with Crippen molar-refractivity contribution in [3.05, 3.63) is 46.8 Å². The molecule has 0 unspecified atom stereocenters. The van der Waals surface area contributed by atoms with Crippen LogP contribution in [-0.4, -0.2) is 37.6 Å². The average Bonchev–Trinajstić information content (AvgIpc) is 3.15. The number of ether oxygens (including phenoxy) is 3. The number of rotatable bonds is 9. The van der Waals surface area contributed by atoms with E-state index in [1.165, 1.54) is 32.3 Å². The Hall–Kier alpha value is -3.33. The lowest BCUT2D eigenvalue weighted by molar-refractivity contribution is -0.148. The normalized spacial score (nSPS) is 11.7. The number of nitrogens with two attached hydrogens (primary N) is 1. The van der Waals surface area contributed by atoms with Crippen molar-refractivity contribution in [3.63, 3.8) is 0 Å². The molecule has 2 amide bonds. The molecule has 0 aliphatic heterocycles. The molecular weight excluding hydrogens is 396 g/mol. The first kappa shape index (κ1) is 22.0. The minimum absolute atomic E-state index is 0.200. The Kier molecular flexibility index (Phi) is 7.79. The smallest absolute Gasteiger partial charge is 0.331 e. The molecule has 2 aromatic rings. The van der Waals surface area contributed by atoms with Gasteiger partial charge in [-0.1, -0.05) is 6.07 Å². The Balaban J connectivity index is 1.96. The standard InChI is InChI=1S/C20H22N2O6S/c1-4-27-15-7-5-13(11-16(15)26-3)6-8-17(23)28-12(2)19(25)22-20-14(18(21)24)9-10-29-20/h5-12H,4H2,1-3H3,(H2,21,24)(H,22,25)/b8-6+/t12-/m1/s1. The molecule has 1 aromatic carbocycles. The molecule has 1 aromatic heterocycles. The van der Waals surface area contributed by atoms with Crippen molar-refractivity contribution in [1.82, 2.24) is 0 Å². The van der Waals surface area contributed by atoms with Gasteiger partial charge in [0.2, 0.25) is 0 Å². The highest BCUT2D eigenvalue weighted by atomic mass is 32.1. The van der Waals surface area contributed by atoms with E-state index in [2.05, 4.69) is 5.32 Å². The van der Waals surface area contributed by atoms with Gasteiger partial charge in [-0.05, 0) is 49.1 Å². The van der Waals surface area contributed by atoms with Crippen molar-refractivity contribution < 1.29 is 28.6 Å². The van der Waals surface area contributed by atoms with E-state index in [4.69, 9.17) is 19.9 Å². The first-order valence-corrected chi connectivity index (χ1v) is 9.61. The SMILES string of the molecule is CCOc1ccc(/C=C/C(=O)O[C@H](C)C(=O)Nc2sccc2C(N)=O)cc1OC. The van der Waals surface area contributed by atoms with Gasteiger partial charge < -0.3 is 25.3 Å². The lowest BCUT2D eigenvalue weighted by atomic mass is 10.2. The van der Waals surface area contributed by atoms with Gasteiger partial charge in [-0.25, -0.2) is 4.79 Å². The van der Waals surface area contributed by atoms with Crippen molar-refractivity contribution in [2.24, 2.45) is 5.73 Å². The van der Waals surface area contributed by atoms with Crippen LogP contribution in [0.4, 0.5) is 5.00 Å². The third-order valence-corrected chi connectivity index (χ3v) is 4.56. The number of esters is 1. The maximum atomic E-state index is 12.2. The Morgan fingerprint density at radius 2 is 2.00 bits per heavy atom. The van der Waals surface area contributed by atoms with Crippen molar-refractivity contribution in [3.8, 4) is 11.5 Å². The third kappa shape index (κ3) is 6.08. The van der Waals surface area contributed by atoms with Gasteiger partial charge in [0.25, 0.3) is 11.8 Å². The molecular formula is C20H22N2O6S. The molecule has 8 nitrogen and oxygen atoms in total. The van der Waals surface area contributed by atoms with E-state index in [0.717, 1.165) is 11.3 Å². The van der Waals surface area contributed by atoms with E-state index in [0.29, 0.717) is 28.7 Å². The zero-order chi connectivity index (χ0) is 21.4. The van der Waals surface area contributed by atoms with Crippen LogP contribution in [0.2, 0.25) is 0 Å². The van der Waals surface area contributed by atoms with Crippen molar-refractivity contribution >= 4 is 40.2 Å². The molecule has 29 heavy (non-hydrogen) atoms. The van der Waals surface area contributed by atoms with Crippen molar-refractivity contribution in [2.75, 3.05) is 19.0 Å². The van der Waals surface area contributed by atoms with Gasteiger partial charge in [0.05, 0.1) is 19.3 Å². The average molecular weight is 418 g/mol. The third-order valence-electron chi connectivity index (χ3n) is 3.73. The van der Waals surface area contributed by atoms with Crippen LogP contribution >= 0.6 is 11.3 Å².